The normalized spacial score (nSPS) is 17.9. The molecule has 1 aliphatic heterocycles. The first kappa shape index (κ1) is 10.0. The molecule has 0 atom stereocenters. The molecular weight excluding hydrogens is 204 g/mol. The average Bonchev–Trinajstić information content (AvgIpc) is 2.27. The fraction of sp³-hybridized carbons (Fsp3) is 0.333. The molecular formula is C9H10O6. The van der Waals surface area contributed by atoms with Gasteiger partial charge in [0, 0.05) is 0 Å². The third-order valence-corrected chi connectivity index (χ3v) is 2.02. The number of phenols is 3. The molecule has 15 heavy (non-hydrogen) atoms. The van der Waals surface area contributed by atoms with Crippen LogP contribution in [0.2, 0.25) is 0 Å². The molecule has 82 valence electrons. The van der Waals surface area contributed by atoms with Crippen LogP contribution in [0.15, 0.2) is 12.1 Å². The molecule has 2 rings (SSSR count). The largest absolute Gasteiger partial charge is 0.504 e. The third-order valence-electron chi connectivity index (χ3n) is 2.02. The van der Waals surface area contributed by atoms with E-state index >= 15 is 0 Å². The number of ether oxygens (including phenoxy) is 3. The van der Waals surface area contributed by atoms with Gasteiger partial charge in [-0.3, -0.25) is 0 Å². The molecule has 0 spiro atoms. The van der Waals surface area contributed by atoms with E-state index in [1.807, 2.05) is 0 Å². The Balaban J connectivity index is 2.31. The van der Waals surface area contributed by atoms with Crippen molar-refractivity contribution in [3.05, 3.63) is 17.7 Å². The second-order valence-corrected chi connectivity index (χ2v) is 2.98. The summed E-state index contributed by atoms with van der Waals surface area (Å²) in [6.07, 6.45) is -0.801. The van der Waals surface area contributed by atoms with Crippen LogP contribution in [0.4, 0.5) is 0 Å². The highest BCUT2D eigenvalue weighted by molar-refractivity contribution is 5.53. The molecule has 6 nitrogen and oxygen atoms in total. The van der Waals surface area contributed by atoms with Gasteiger partial charge in [-0.05, 0) is 12.1 Å². The molecule has 3 N–H and O–H groups in total. The number of hydrogen-bond donors (Lipinski definition) is 3. The predicted octanol–water partition coefficient (Wildman–Crippen LogP) is 0.780. The molecule has 0 saturated carbocycles. The SMILES string of the molecule is Oc1ccc(C2OCOCO2)c(O)c1O. The Morgan fingerprint density at radius 1 is 1.00 bits per heavy atom. The van der Waals surface area contributed by atoms with E-state index in [1.54, 1.807) is 0 Å². The fourth-order valence-electron chi connectivity index (χ4n) is 1.26. The van der Waals surface area contributed by atoms with Gasteiger partial charge in [0.2, 0.25) is 5.75 Å². The summed E-state index contributed by atoms with van der Waals surface area (Å²) in [7, 11) is 0. The Bertz CT molecular complexity index is 358. The molecule has 0 aromatic heterocycles. The van der Waals surface area contributed by atoms with E-state index in [9.17, 15) is 10.2 Å². The summed E-state index contributed by atoms with van der Waals surface area (Å²) in [5.74, 6) is -1.45. The van der Waals surface area contributed by atoms with Crippen molar-refractivity contribution in [1.29, 1.82) is 0 Å². The van der Waals surface area contributed by atoms with Gasteiger partial charge in [-0.2, -0.15) is 0 Å². The van der Waals surface area contributed by atoms with Gasteiger partial charge in [0.05, 0.1) is 5.56 Å². The zero-order valence-electron chi connectivity index (χ0n) is 7.71. The van der Waals surface area contributed by atoms with E-state index in [2.05, 4.69) is 0 Å². The second kappa shape index (κ2) is 3.93. The first-order valence-corrected chi connectivity index (χ1v) is 4.25. The maximum Gasteiger partial charge on any atom is 0.200 e. The summed E-state index contributed by atoms with van der Waals surface area (Å²) in [4.78, 5) is 0. The van der Waals surface area contributed by atoms with E-state index in [0.717, 1.165) is 0 Å². The maximum atomic E-state index is 9.52. The van der Waals surface area contributed by atoms with E-state index in [-0.39, 0.29) is 19.1 Å². The molecule has 1 heterocycles. The van der Waals surface area contributed by atoms with Gasteiger partial charge in [0.15, 0.2) is 31.4 Å². The first-order valence-electron chi connectivity index (χ1n) is 4.25. The molecule has 1 aromatic rings. The minimum Gasteiger partial charge on any atom is -0.504 e. The maximum absolute atomic E-state index is 9.52. The zero-order chi connectivity index (χ0) is 10.8. The van der Waals surface area contributed by atoms with Crippen molar-refractivity contribution in [2.45, 2.75) is 6.29 Å². The minimum absolute atomic E-state index is 0.0474. The van der Waals surface area contributed by atoms with E-state index in [4.69, 9.17) is 19.3 Å². The number of aromatic hydroxyl groups is 3. The molecule has 1 saturated heterocycles. The Kier molecular flexibility index (Phi) is 2.63. The highest BCUT2D eigenvalue weighted by Crippen LogP contribution is 2.41. The predicted molar refractivity (Wildman–Crippen MR) is 47.2 cm³/mol. The van der Waals surface area contributed by atoms with Gasteiger partial charge in [-0.15, -0.1) is 0 Å². The van der Waals surface area contributed by atoms with Gasteiger partial charge in [-0.1, -0.05) is 0 Å². The standard InChI is InChI=1S/C9H10O6/c10-6-2-1-5(7(11)8(6)12)9-14-3-13-4-15-9/h1-2,9-12H,3-4H2. The lowest BCUT2D eigenvalue weighted by atomic mass is 10.1. The fourth-order valence-corrected chi connectivity index (χ4v) is 1.26. The molecule has 0 unspecified atom stereocenters. The second-order valence-electron chi connectivity index (χ2n) is 2.98. The van der Waals surface area contributed by atoms with Crippen LogP contribution in [-0.4, -0.2) is 28.9 Å². The monoisotopic (exact) mass is 214 g/mol. The summed E-state index contributed by atoms with van der Waals surface area (Å²) in [5.41, 5.74) is 0.244. The summed E-state index contributed by atoms with van der Waals surface area (Å²) in [5, 5.41) is 27.9. The van der Waals surface area contributed by atoms with Crippen LogP contribution in [0, 0.1) is 0 Å². The lowest BCUT2D eigenvalue weighted by Crippen LogP contribution is -2.19. The molecule has 0 radical (unpaired) electrons. The molecule has 1 aromatic carbocycles. The third kappa shape index (κ3) is 1.82. The van der Waals surface area contributed by atoms with E-state index in [1.165, 1.54) is 12.1 Å². The Morgan fingerprint density at radius 2 is 1.67 bits per heavy atom. The zero-order valence-corrected chi connectivity index (χ0v) is 7.71. The van der Waals surface area contributed by atoms with E-state index in [0.29, 0.717) is 0 Å². The Morgan fingerprint density at radius 3 is 2.33 bits per heavy atom. The Labute approximate surface area is 85.2 Å². The van der Waals surface area contributed by atoms with Crippen molar-refractivity contribution in [3.63, 3.8) is 0 Å². The van der Waals surface area contributed by atoms with Gasteiger partial charge in [-0.25, -0.2) is 0 Å². The lowest BCUT2D eigenvalue weighted by molar-refractivity contribution is -0.303. The molecule has 1 fully saturated rings. The number of benzene rings is 1. The Hall–Kier alpha value is -1.50. The van der Waals surface area contributed by atoms with Crippen LogP contribution in [-0.2, 0) is 14.2 Å². The van der Waals surface area contributed by atoms with Crippen LogP contribution in [0.1, 0.15) is 11.9 Å². The van der Waals surface area contributed by atoms with Crippen molar-refractivity contribution < 1.29 is 29.5 Å². The highest BCUT2D eigenvalue weighted by atomic mass is 16.8. The van der Waals surface area contributed by atoms with Crippen LogP contribution in [0.3, 0.4) is 0 Å². The summed E-state index contributed by atoms with van der Waals surface area (Å²) in [6.45, 7) is 0.0947. The quantitative estimate of drug-likeness (QED) is 0.599. The topological polar surface area (TPSA) is 88.4 Å². The van der Waals surface area contributed by atoms with Crippen LogP contribution in [0.25, 0.3) is 0 Å². The van der Waals surface area contributed by atoms with Gasteiger partial charge < -0.3 is 29.5 Å². The van der Waals surface area contributed by atoms with Crippen molar-refractivity contribution in [3.8, 4) is 17.2 Å². The van der Waals surface area contributed by atoms with Gasteiger partial charge >= 0.3 is 0 Å². The summed E-state index contributed by atoms with van der Waals surface area (Å²) in [6, 6.07) is 2.65. The van der Waals surface area contributed by atoms with Crippen molar-refractivity contribution >= 4 is 0 Å². The highest BCUT2D eigenvalue weighted by Gasteiger charge is 2.23. The molecule has 1 aliphatic rings. The molecule has 0 bridgehead atoms. The average molecular weight is 214 g/mol. The van der Waals surface area contributed by atoms with E-state index < -0.39 is 23.5 Å². The lowest BCUT2D eigenvalue weighted by Gasteiger charge is -2.24. The summed E-state index contributed by atoms with van der Waals surface area (Å²) >= 11 is 0. The van der Waals surface area contributed by atoms with Crippen LogP contribution >= 0.6 is 0 Å². The molecule has 6 heteroatoms. The van der Waals surface area contributed by atoms with Gasteiger partial charge in [0.1, 0.15) is 0 Å². The number of rotatable bonds is 1. The smallest absolute Gasteiger partial charge is 0.200 e. The van der Waals surface area contributed by atoms with Gasteiger partial charge in [0.25, 0.3) is 0 Å². The first-order chi connectivity index (χ1) is 7.20. The summed E-state index contributed by atoms with van der Waals surface area (Å²) < 4.78 is 14.9. The van der Waals surface area contributed by atoms with Crippen molar-refractivity contribution in [1.82, 2.24) is 0 Å². The molecule has 0 aliphatic carbocycles. The van der Waals surface area contributed by atoms with Crippen molar-refractivity contribution in [2.75, 3.05) is 13.6 Å². The van der Waals surface area contributed by atoms with Crippen LogP contribution in [0.5, 0.6) is 17.2 Å². The number of hydrogen-bond acceptors (Lipinski definition) is 6. The number of phenolic OH excluding ortho intramolecular Hbond substituents is 3. The molecule has 0 amide bonds. The van der Waals surface area contributed by atoms with Crippen molar-refractivity contribution in [2.24, 2.45) is 0 Å². The minimum atomic E-state index is -0.801. The van der Waals surface area contributed by atoms with Crippen LogP contribution < -0.4 is 0 Å².